The SMILES string of the molecule is CC(C)(C)OC(=O)N(c1cc(F)cc(C#N)c1)c1cc(NC[C@H]2CCCC[C@@H]2O)nc2c(C3CCC3)cnn12. The van der Waals surface area contributed by atoms with E-state index in [0.29, 0.717) is 29.7 Å². The van der Waals surface area contributed by atoms with Gasteiger partial charge in [0, 0.05) is 24.1 Å². The Balaban J connectivity index is 1.63. The Kier molecular flexibility index (Phi) is 7.45. The van der Waals surface area contributed by atoms with E-state index in [-0.39, 0.29) is 23.3 Å². The van der Waals surface area contributed by atoms with Gasteiger partial charge in [-0.2, -0.15) is 14.9 Å². The number of aliphatic hydroxyl groups is 1. The lowest BCUT2D eigenvalue weighted by Crippen LogP contribution is -2.35. The minimum absolute atomic E-state index is 0.0733. The van der Waals surface area contributed by atoms with E-state index in [1.165, 1.54) is 17.0 Å². The number of anilines is 3. The quantitative estimate of drug-likeness (QED) is 0.396. The molecule has 2 aromatic heterocycles. The number of amides is 1. The first-order valence-electron chi connectivity index (χ1n) is 13.7. The fourth-order valence-electron chi connectivity index (χ4n) is 5.29. The van der Waals surface area contributed by atoms with Gasteiger partial charge in [0.05, 0.1) is 29.6 Å². The third-order valence-corrected chi connectivity index (χ3v) is 7.51. The molecule has 0 spiro atoms. The van der Waals surface area contributed by atoms with E-state index in [1.807, 2.05) is 6.07 Å². The van der Waals surface area contributed by atoms with Crippen molar-refractivity contribution in [2.45, 2.75) is 83.3 Å². The normalized spacial score (nSPS) is 19.8. The second-order valence-corrected chi connectivity index (χ2v) is 11.6. The maximum Gasteiger partial charge on any atom is 0.420 e. The van der Waals surface area contributed by atoms with E-state index in [1.54, 1.807) is 37.5 Å². The Morgan fingerprint density at radius 2 is 1.97 bits per heavy atom. The van der Waals surface area contributed by atoms with Crippen molar-refractivity contribution in [3.63, 3.8) is 0 Å². The Labute approximate surface area is 227 Å². The largest absolute Gasteiger partial charge is 0.443 e. The van der Waals surface area contributed by atoms with Crippen LogP contribution in [0.5, 0.6) is 0 Å². The summed E-state index contributed by atoms with van der Waals surface area (Å²) in [6, 6.07) is 7.39. The molecule has 1 aromatic carbocycles. The number of hydrogen-bond acceptors (Lipinski definition) is 7. The molecule has 2 atom stereocenters. The van der Waals surface area contributed by atoms with Crippen LogP contribution in [0.25, 0.3) is 5.65 Å². The number of rotatable bonds is 6. The zero-order valence-corrected chi connectivity index (χ0v) is 22.7. The average molecular weight is 535 g/mol. The molecule has 0 radical (unpaired) electrons. The highest BCUT2D eigenvalue weighted by molar-refractivity contribution is 5.96. The number of aromatic nitrogens is 3. The van der Waals surface area contributed by atoms with E-state index in [2.05, 4.69) is 10.4 Å². The molecule has 206 valence electrons. The fraction of sp³-hybridized carbons (Fsp3) is 0.517. The molecule has 2 aliphatic carbocycles. The number of nitrogens with one attached hydrogen (secondary N) is 1. The number of carbonyl (C=O) groups excluding carboxylic acids is 1. The smallest absolute Gasteiger partial charge is 0.420 e. The van der Waals surface area contributed by atoms with Crippen LogP contribution in [0.15, 0.2) is 30.5 Å². The first-order valence-corrected chi connectivity index (χ1v) is 13.7. The second kappa shape index (κ2) is 10.8. The second-order valence-electron chi connectivity index (χ2n) is 11.6. The molecule has 3 aromatic rings. The zero-order chi connectivity index (χ0) is 27.7. The highest BCUT2D eigenvalue weighted by Gasteiger charge is 2.31. The molecule has 1 amide bonds. The Morgan fingerprint density at radius 3 is 2.64 bits per heavy atom. The Morgan fingerprint density at radius 1 is 1.21 bits per heavy atom. The zero-order valence-electron chi connectivity index (χ0n) is 22.7. The van der Waals surface area contributed by atoms with Crippen LogP contribution in [-0.4, -0.2) is 44.0 Å². The molecule has 2 aliphatic rings. The third-order valence-electron chi connectivity index (χ3n) is 7.51. The van der Waals surface area contributed by atoms with Crippen LogP contribution < -0.4 is 10.2 Å². The van der Waals surface area contributed by atoms with Crippen molar-refractivity contribution in [2.75, 3.05) is 16.8 Å². The third kappa shape index (κ3) is 5.83. The van der Waals surface area contributed by atoms with Gasteiger partial charge in [-0.25, -0.2) is 19.1 Å². The van der Waals surface area contributed by atoms with Gasteiger partial charge < -0.3 is 15.2 Å². The summed E-state index contributed by atoms with van der Waals surface area (Å²) in [5, 5.41) is 27.9. The molecule has 2 N–H and O–H groups in total. The summed E-state index contributed by atoms with van der Waals surface area (Å²) < 4.78 is 21.9. The van der Waals surface area contributed by atoms with Crippen LogP contribution in [0, 0.1) is 23.1 Å². The van der Waals surface area contributed by atoms with Crippen molar-refractivity contribution in [1.29, 1.82) is 5.26 Å². The molecule has 2 fully saturated rings. The van der Waals surface area contributed by atoms with E-state index in [9.17, 15) is 19.6 Å². The number of ether oxygens (including phenoxy) is 1. The van der Waals surface area contributed by atoms with Gasteiger partial charge in [0.2, 0.25) is 0 Å². The van der Waals surface area contributed by atoms with Crippen LogP contribution in [0.2, 0.25) is 0 Å². The summed E-state index contributed by atoms with van der Waals surface area (Å²) in [5.41, 5.74) is 0.984. The summed E-state index contributed by atoms with van der Waals surface area (Å²) in [4.78, 5) is 19.8. The molecule has 0 bridgehead atoms. The monoisotopic (exact) mass is 534 g/mol. The first-order chi connectivity index (χ1) is 18.6. The number of fused-ring (bicyclic) bond motifs is 1. The molecule has 2 saturated carbocycles. The van der Waals surface area contributed by atoms with Gasteiger partial charge in [0.25, 0.3) is 0 Å². The van der Waals surface area contributed by atoms with E-state index in [0.717, 1.165) is 56.6 Å². The molecular formula is C29H35FN6O3. The topological polar surface area (TPSA) is 116 Å². The van der Waals surface area contributed by atoms with Crippen LogP contribution in [0.1, 0.15) is 82.8 Å². The minimum atomic E-state index is -0.827. The Hall–Kier alpha value is -3.71. The van der Waals surface area contributed by atoms with Crippen LogP contribution >= 0.6 is 0 Å². The number of aliphatic hydroxyl groups excluding tert-OH is 1. The van der Waals surface area contributed by atoms with Crippen LogP contribution in [0.4, 0.5) is 26.5 Å². The van der Waals surface area contributed by atoms with Crippen molar-refractivity contribution >= 4 is 29.1 Å². The molecule has 9 nitrogen and oxygen atoms in total. The van der Waals surface area contributed by atoms with E-state index < -0.39 is 17.5 Å². The van der Waals surface area contributed by atoms with Crippen molar-refractivity contribution in [3.8, 4) is 6.07 Å². The van der Waals surface area contributed by atoms with Gasteiger partial charge in [-0.05, 0) is 70.6 Å². The summed E-state index contributed by atoms with van der Waals surface area (Å²) in [6.45, 7) is 5.79. The van der Waals surface area contributed by atoms with E-state index in [4.69, 9.17) is 9.72 Å². The highest BCUT2D eigenvalue weighted by atomic mass is 19.1. The lowest BCUT2D eigenvalue weighted by molar-refractivity contribution is 0.0597. The summed E-state index contributed by atoms with van der Waals surface area (Å²) in [6.07, 6.45) is 7.69. The van der Waals surface area contributed by atoms with Crippen molar-refractivity contribution in [2.24, 2.45) is 5.92 Å². The summed E-state index contributed by atoms with van der Waals surface area (Å²) in [7, 11) is 0. The van der Waals surface area contributed by atoms with Gasteiger partial charge >= 0.3 is 6.09 Å². The molecule has 2 heterocycles. The summed E-state index contributed by atoms with van der Waals surface area (Å²) in [5.74, 6) is 0.596. The van der Waals surface area contributed by atoms with Gasteiger partial charge in [-0.1, -0.05) is 19.3 Å². The van der Waals surface area contributed by atoms with Gasteiger partial charge in [-0.15, -0.1) is 0 Å². The molecular weight excluding hydrogens is 499 g/mol. The average Bonchev–Trinajstić information content (AvgIpc) is 3.24. The number of nitriles is 1. The molecule has 0 unspecified atom stereocenters. The molecule has 0 aliphatic heterocycles. The minimum Gasteiger partial charge on any atom is -0.443 e. The standard InChI is InChI=1S/C29H35FN6O3/c1-29(2,3)39-28(38)35(22-12-18(15-31)11-21(30)13-22)26-14-25(32-16-20-7-4-5-10-24(20)37)34-27-23(17-33-36(26)27)19-8-6-9-19/h11-14,17,19-20,24,37H,4-10,16H2,1-3H3,(H,32,34)/t20-,24+/m1/s1. The lowest BCUT2D eigenvalue weighted by atomic mass is 9.81. The molecule has 10 heteroatoms. The number of halogens is 1. The molecule has 5 rings (SSSR count). The van der Waals surface area contributed by atoms with Gasteiger partial charge in [0.15, 0.2) is 5.65 Å². The number of hydrogen-bond donors (Lipinski definition) is 2. The highest BCUT2D eigenvalue weighted by Crippen LogP contribution is 2.40. The van der Waals surface area contributed by atoms with E-state index >= 15 is 0 Å². The number of nitrogens with zero attached hydrogens (tertiary/aromatic N) is 5. The van der Waals surface area contributed by atoms with Crippen molar-refractivity contribution in [3.05, 3.63) is 47.4 Å². The predicted octanol–water partition coefficient (Wildman–Crippen LogP) is 6.04. The summed E-state index contributed by atoms with van der Waals surface area (Å²) >= 11 is 0. The lowest BCUT2D eigenvalue weighted by Gasteiger charge is -2.29. The predicted molar refractivity (Wildman–Crippen MR) is 146 cm³/mol. The maximum atomic E-state index is 14.6. The van der Waals surface area contributed by atoms with Crippen LogP contribution in [0.3, 0.4) is 0 Å². The van der Waals surface area contributed by atoms with Gasteiger partial charge in [0.1, 0.15) is 23.1 Å². The number of benzene rings is 1. The van der Waals surface area contributed by atoms with Crippen molar-refractivity contribution in [1.82, 2.24) is 14.6 Å². The number of carbonyl (C=O) groups is 1. The maximum absolute atomic E-state index is 14.6. The first kappa shape index (κ1) is 26.9. The van der Waals surface area contributed by atoms with Crippen molar-refractivity contribution < 1.29 is 19.0 Å². The van der Waals surface area contributed by atoms with Crippen LogP contribution in [-0.2, 0) is 4.74 Å². The molecule has 0 saturated heterocycles. The van der Waals surface area contributed by atoms with Gasteiger partial charge in [-0.3, -0.25) is 0 Å². The molecule has 39 heavy (non-hydrogen) atoms. The Bertz CT molecular complexity index is 1400. The fourth-order valence-corrected chi connectivity index (χ4v) is 5.29.